The molecule has 168 valence electrons. The average molecular weight is 460 g/mol. The summed E-state index contributed by atoms with van der Waals surface area (Å²) in [5.41, 5.74) is -0.0122. The van der Waals surface area contributed by atoms with Crippen molar-refractivity contribution < 1.29 is 24.0 Å². The van der Waals surface area contributed by atoms with Crippen LogP contribution in [0.1, 0.15) is 37.0 Å². The summed E-state index contributed by atoms with van der Waals surface area (Å²) < 4.78 is 5.11. The highest BCUT2D eigenvalue weighted by atomic mass is 35.5. The van der Waals surface area contributed by atoms with Crippen LogP contribution in [0.2, 0.25) is 5.02 Å². The summed E-state index contributed by atoms with van der Waals surface area (Å²) in [4.78, 5) is 52.3. The van der Waals surface area contributed by atoms with E-state index in [4.69, 9.17) is 16.3 Å². The third-order valence-electron chi connectivity index (χ3n) is 5.48. The average Bonchev–Trinajstić information content (AvgIpc) is 3.07. The van der Waals surface area contributed by atoms with Gasteiger partial charge >= 0.3 is 0 Å². The van der Waals surface area contributed by atoms with E-state index in [0.717, 1.165) is 11.0 Å². The molecule has 9 nitrogen and oxygen atoms in total. The number of carbonyl (C=O) groups is 3. The van der Waals surface area contributed by atoms with Crippen LogP contribution in [0.5, 0.6) is 5.75 Å². The van der Waals surface area contributed by atoms with Crippen LogP contribution in [0, 0.1) is 10.1 Å². The zero-order valence-electron chi connectivity index (χ0n) is 17.8. The van der Waals surface area contributed by atoms with Crippen LogP contribution in [-0.4, -0.2) is 46.7 Å². The summed E-state index contributed by atoms with van der Waals surface area (Å²) in [5, 5.41) is 11.1. The molecule has 0 radical (unpaired) electrons. The molecule has 3 amide bonds. The van der Waals surface area contributed by atoms with Gasteiger partial charge in [0.2, 0.25) is 5.91 Å². The summed E-state index contributed by atoms with van der Waals surface area (Å²) >= 11 is 5.86. The number of hydrogen-bond acceptors (Lipinski definition) is 6. The minimum absolute atomic E-state index is 0.0181. The molecule has 0 N–H and O–H groups in total. The molecule has 3 rings (SSSR count). The number of ether oxygens (including phenoxy) is 1. The highest BCUT2D eigenvalue weighted by Crippen LogP contribution is 2.31. The van der Waals surface area contributed by atoms with E-state index in [1.165, 1.54) is 24.1 Å². The summed E-state index contributed by atoms with van der Waals surface area (Å²) in [6.07, 6.45) is 0.332. The maximum absolute atomic E-state index is 13.4. The number of imide groups is 1. The topological polar surface area (TPSA) is 110 Å². The van der Waals surface area contributed by atoms with Gasteiger partial charge in [-0.2, -0.15) is 0 Å². The molecule has 32 heavy (non-hydrogen) atoms. The van der Waals surface area contributed by atoms with Crippen molar-refractivity contribution in [1.29, 1.82) is 0 Å². The number of nitrogens with zero attached hydrogens (tertiary/aromatic N) is 3. The second-order valence-electron chi connectivity index (χ2n) is 7.38. The Morgan fingerprint density at radius 3 is 2.50 bits per heavy atom. The Morgan fingerprint density at radius 1 is 1.28 bits per heavy atom. The first-order valence-electron chi connectivity index (χ1n) is 9.97. The molecule has 0 aromatic heterocycles. The summed E-state index contributed by atoms with van der Waals surface area (Å²) in [6, 6.07) is 8.76. The second kappa shape index (κ2) is 9.35. The van der Waals surface area contributed by atoms with Crippen LogP contribution >= 0.6 is 11.6 Å². The Balaban J connectivity index is 1.96. The molecule has 0 spiro atoms. The van der Waals surface area contributed by atoms with E-state index in [0.29, 0.717) is 17.9 Å². The maximum Gasteiger partial charge on any atom is 0.288 e. The van der Waals surface area contributed by atoms with E-state index in [2.05, 4.69) is 0 Å². The zero-order valence-corrected chi connectivity index (χ0v) is 18.5. The molecule has 1 saturated heterocycles. The number of nitro benzene ring substituents is 1. The molecule has 2 atom stereocenters. The molecule has 0 aliphatic carbocycles. The van der Waals surface area contributed by atoms with Gasteiger partial charge in [-0.25, -0.2) is 4.90 Å². The molecule has 1 aliphatic heterocycles. The molecule has 1 fully saturated rings. The molecule has 0 bridgehead atoms. The van der Waals surface area contributed by atoms with Crippen LogP contribution in [0.15, 0.2) is 42.5 Å². The predicted molar refractivity (Wildman–Crippen MR) is 118 cm³/mol. The molecule has 2 aromatic rings. The van der Waals surface area contributed by atoms with Crippen molar-refractivity contribution >= 4 is 40.7 Å². The van der Waals surface area contributed by atoms with Gasteiger partial charge in [-0.3, -0.25) is 24.5 Å². The minimum atomic E-state index is -1.03. The fraction of sp³-hybridized carbons (Fsp3) is 0.318. The van der Waals surface area contributed by atoms with Crippen molar-refractivity contribution in [2.24, 2.45) is 0 Å². The van der Waals surface area contributed by atoms with Crippen LogP contribution in [0.4, 0.5) is 11.4 Å². The van der Waals surface area contributed by atoms with E-state index in [1.807, 2.05) is 6.92 Å². The van der Waals surface area contributed by atoms with Crippen LogP contribution in [-0.2, 0) is 9.59 Å². The van der Waals surface area contributed by atoms with Crippen molar-refractivity contribution in [1.82, 2.24) is 4.90 Å². The van der Waals surface area contributed by atoms with Gasteiger partial charge in [-0.15, -0.1) is 0 Å². The third-order valence-corrected chi connectivity index (χ3v) is 5.80. The van der Waals surface area contributed by atoms with Crippen molar-refractivity contribution in [3.8, 4) is 5.75 Å². The predicted octanol–water partition coefficient (Wildman–Crippen LogP) is 3.83. The number of anilines is 1. The summed E-state index contributed by atoms with van der Waals surface area (Å²) in [5.74, 6) is -0.974. The van der Waals surface area contributed by atoms with E-state index in [-0.39, 0.29) is 17.0 Å². The smallest absolute Gasteiger partial charge is 0.288 e. The fourth-order valence-corrected chi connectivity index (χ4v) is 3.80. The summed E-state index contributed by atoms with van der Waals surface area (Å²) in [7, 11) is 1.51. The lowest BCUT2D eigenvalue weighted by Gasteiger charge is -2.33. The first-order valence-corrected chi connectivity index (χ1v) is 10.3. The van der Waals surface area contributed by atoms with Gasteiger partial charge in [0.05, 0.1) is 24.1 Å². The number of rotatable bonds is 7. The number of carbonyl (C=O) groups excluding carboxylic acids is 3. The van der Waals surface area contributed by atoms with Crippen LogP contribution < -0.4 is 9.64 Å². The van der Waals surface area contributed by atoms with E-state index >= 15 is 0 Å². The third kappa shape index (κ3) is 4.29. The van der Waals surface area contributed by atoms with Crippen molar-refractivity contribution in [2.75, 3.05) is 12.0 Å². The highest BCUT2D eigenvalue weighted by molar-refractivity contribution is 6.32. The number of amides is 3. The molecular weight excluding hydrogens is 438 g/mol. The van der Waals surface area contributed by atoms with Crippen molar-refractivity contribution in [3.63, 3.8) is 0 Å². The lowest BCUT2D eigenvalue weighted by molar-refractivity contribution is -0.384. The van der Waals surface area contributed by atoms with E-state index in [1.54, 1.807) is 31.2 Å². The maximum atomic E-state index is 13.4. The quantitative estimate of drug-likeness (QED) is 0.353. The number of benzene rings is 2. The van der Waals surface area contributed by atoms with Gasteiger partial charge in [0.25, 0.3) is 17.5 Å². The Hall–Kier alpha value is -3.46. The monoisotopic (exact) mass is 459 g/mol. The van der Waals surface area contributed by atoms with Gasteiger partial charge in [-0.05, 0) is 49.7 Å². The van der Waals surface area contributed by atoms with Gasteiger partial charge in [-0.1, -0.05) is 18.5 Å². The Morgan fingerprint density at radius 2 is 1.94 bits per heavy atom. The lowest BCUT2D eigenvalue weighted by Crippen LogP contribution is -2.49. The van der Waals surface area contributed by atoms with Crippen LogP contribution in [0.3, 0.4) is 0 Å². The highest BCUT2D eigenvalue weighted by Gasteiger charge is 2.45. The number of halogens is 1. The number of nitro groups is 1. The molecule has 10 heteroatoms. The van der Waals surface area contributed by atoms with Crippen molar-refractivity contribution in [2.45, 2.75) is 38.8 Å². The second-order valence-corrected chi connectivity index (χ2v) is 7.79. The van der Waals surface area contributed by atoms with Gasteiger partial charge in [0.15, 0.2) is 0 Å². The van der Waals surface area contributed by atoms with E-state index in [9.17, 15) is 24.5 Å². The molecule has 1 heterocycles. The Kier molecular flexibility index (Phi) is 6.78. The van der Waals surface area contributed by atoms with Crippen molar-refractivity contribution in [3.05, 3.63) is 63.2 Å². The molecule has 0 saturated carbocycles. The Labute approximate surface area is 189 Å². The first-order chi connectivity index (χ1) is 15.2. The first kappa shape index (κ1) is 23.2. The summed E-state index contributed by atoms with van der Waals surface area (Å²) in [6.45, 7) is 3.60. The van der Waals surface area contributed by atoms with Crippen LogP contribution in [0.25, 0.3) is 0 Å². The van der Waals surface area contributed by atoms with Gasteiger partial charge in [0.1, 0.15) is 16.8 Å². The zero-order chi connectivity index (χ0) is 23.6. The number of hydrogen-bond donors (Lipinski definition) is 0. The lowest BCUT2D eigenvalue weighted by atomic mass is 10.1. The van der Waals surface area contributed by atoms with E-state index < -0.39 is 40.4 Å². The number of methoxy groups -OCH3 is 1. The molecule has 1 aliphatic rings. The van der Waals surface area contributed by atoms with Gasteiger partial charge < -0.3 is 9.64 Å². The SMILES string of the molecule is CCC(C)N(C(=O)c1ccc(Cl)c([N+](=O)[O-])c1)C1CC(=O)N(c2ccc(OC)cc2)C1=O. The normalized spacial score (nSPS) is 16.8. The van der Waals surface area contributed by atoms with Gasteiger partial charge in [0, 0.05) is 17.7 Å². The standard InChI is InChI=1S/C22H22ClN3O6/c1-4-13(2)24(21(28)14-5-10-17(23)18(11-14)26(30)31)19-12-20(27)25(22(19)29)15-6-8-16(32-3)9-7-15/h5-11,13,19H,4,12H2,1-3H3. The fourth-order valence-electron chi connectivity index (χ4n) is 3.62. The Bertz CT molecular complexity index is 1070. The minimum Gasteiger partial charge on any atom is -0.497 e. The largest absolute Gasteiger partial charge is 0.497 e. The molecular formula is C22H22ClN3O6. The molecule has 2 aromatic carbocycles. The molecule has 2 unspecified atom stereocenters.